The van der Waals surface area contributed by atoms with Gasteiger partial charge in [0.1, 0.15) is 21.7 Å². The molecule has 28 heavy (non-hydrogen) atoms. The van der Waals surface area contributed by atoms with Crippen LogP contribution in [0.2, 0.25) is 0 Å². The summed E-state index contributed by atoms with van der Waals surface area (Å²) in [5.41, 5.74) is 1.62. The van der Waals surface area contributed by atoms with E-state index in [-0.39, 0.29) is 18.1 Å². The van der Waals surface area contributed by atoms with Crippen molar-refractivity contribution in [2.75, 3.05) is 18.5 Å². The number of nitrogens with zero attached hydrogens (tertiary/aromatic N) is 1. The van der Waals surface area contributed by atoms with Gasteiger partial charge in [-0.15, -0.1) is 11.3 Å². The number of ether oxygens (including phenoxy) is 2. The van der Waals surface area contributed by atoms with Crippen molar-refractivity contribution in [2.24, 2.45) is 0 Å². The molecule has 1 heterocycles. The summed E-state index contributed by atoms with van der Waals surface area (Å²) in [7, 11) is 0. The van der Waals surface area contributed by atoms with Crippen molar-refractivity contribution in [2.45, 2.75) is 27.2 Å². The minimum atomic E-state index is -0.497. The second-order valence-electron chi connectivity index (χ2n) is 5.83. The maximum atomic E-state index is 12.2. The van der Waals surface area contributed by atoms with Crippen molar-refractivity contribution < 1.29 is 19.1 Å². The molecule has 0 aliphatic rings. The molecule has 0 atom stereocenters. The number of rotatable bonds is 8. The fourth-order valence-electron chi connectivity index (χ4n) is 2.35. The molecule has 1 aromatic carbocycles. The summed E-state index contributed by atoms with van der Waals surface area (Å²) >= 11 is 1.04. The summed E-state index contributed by atoms with van der Waals surface area (Å²) in [6.45, 7) is 6.31. The Morgan fingerprint density at radius 1 is 1.25 bits per heavy atom. The first-order valence-electron chi connectivity index (χ1n) is 8.92. The van der Waals surface area contributed by atoms with Crippen LogP contribution in [-0.4, -0.2) is 25.1 Å². The normalized spacial score (nSPS) is 10.5. The largest absolute Gasteiger partial charge is 0.494 e. The minimum absolute atomic E-state index is 0.241. The average molecular weight is 398 g/mol. The number of nitriles is 1. The number of esters is 1. The number of thiophene rings is 1. The van der Waals surface area contributed by atoms with Gasteiger partial charge in [-0.1, -0.05) is 19.1 Å². The van der Waals surface area contributed by atoms with Gasteiger partial charge >= 0.3 is 5.97 Å². The number of hydrogen-bond donors (Lipinski definition) is 1. The Hall–Kier alpha value is -3.11. The zero-order chi connectivity index (χ0) is 20.5. The molecule has 0 aliphatic heterocycles. The summed E-state index contributed by atoms with van der Waals surface area (Å²) in [6, 6.07) is 9.42. The lowest BCUT2D eigenvalue weighted by atomic mass is 10.1. The molecule has 0 spiro atoms. The number of amides is 1. The monoisotopic (exact) mass is 398 g/mol. The summed E-state index contributed by atoms with van der Waals surface area (Å²) in [4.78, 5) is 24.5. The van der Waals surface area contributed by atoms with E-state index in [1.807, 2.05) is 37.3 Å². The van der Waals surface area contributed by atoms with Crippen LogP contribution in [0.4, 0.5) is 5.00 Å². The van der Waals surface area contributed by atoms with Crippen molar-refractivity contribution in [3.8, 4) is 11.8 Å². The lowest BCUT2D eigenvalue weighted by Crippen LogP contribution is -2.07. The molecule has 0 unspecified atom stereocenters. The van der Waals surface area contributed by atoms with E-state index in [2.05, 4.69) is 5.32 Å². The van der Waals surface area contributed by atoms with E-state index < -0.39 is 5.97 Å². The molecule has 2 rings (SSSR count). The Morgan fingerprint density at radius 3 is 2.57 bits per heavy atom. The van der Waals surface area contributed by atoms with Gasteiger partial charge in [0.2, 0.25) is 5.91 Å². The van der Waals surface area contributed by atoms with Crippen LogP contribution in [-0.2, 0) is 9.53 Å². The van der Waals surface area contributed by atoms with Gasteiger partial charge in [-0.25, -0.2) is 4.79 Å². The molecule has 1 aromatic heterocycles. The molecule has 7 heteroatoms. The number of hydrogen-bond acceptors (Lipinski definition) is 6. The van der Waals surface area contributed by atoms with E-state index in [9.17, 15) is 14.9 Å². The maximum absolute atomic E-state index is 12.2. The van der Waals surface area contributed by atoms with Gasteiger partial charge in [-0.2, -0.15) is 5.26 Å². The molecule has 0 aliphatic carbocycles. The van der Waals surface area contributed by atoms with Gasteiger partial charge in [0.15, 0.2) is 0 Å². The lowest BCUT2D eigenvalue weighted by Gasteiger charge is -2.04. The van der Waals surface area contributed by atoms with Gasteiger partial charge in [0.25, 0.3) is 0 Å². The van der Waals surface area contributed by atoms with Gasteiger partial charge in [-0.3, -0.25) is 4.79 Å². The molecule has 0 fully saturated rings. The molecule has 146 valence electrons. The fraction of sp³-hybridized carbons (Fsp3) is 0.286. The minimum Gasteiger partial charge on any atom is -0.494 e. The van der Waals surface area contributed by atoms with Crippen LogP contribution in [0.3, 0.4) is 0 Å². The Morgan fingerprint density at radius 2 is 1.96 bits per heavy atom. The Bertz CT molecular complexity index is 908. The van der Waals surface area contributed by atoms with Crippen molar-refractivity contribution >= 4 is 34.3 Å². The van der Waals surface area contributed by atoms with Crippen LogP contribution >= 0.6 is 11.3 Å². The second-order valence-corrected chi connectivity index (χ2v) is 6.85. The highest BCUT2D eigenvalue weighted by Gasteiger charge is 2.21. The second kappa shape index (κ2) is 10.3. The zero-order valence-corrected chi connectivity index (χ0v) is 16.9. The maximum Gasteiger partial charge on any atom is 0.348 e. The van der Waals surface area contributed by atoms with Crippen molar-refractivity contribution in [1.82, 2.24) is 0 Å². The predicted molar refractivity (Wildman–Crippen MR) is 110 cm³/mol. The van der Waals surface area contributed by atoms with Crippen LogP contribution in [0.25, 0.3) is 6.08 Å². The molecule has 0 saturated carbocycles. The molecule has 6 nitrogen and oxygen atoms in total. The number of nitrogens with one attached hydrogen (secondary N) is 1. The third-order valence-corrected chi connectivity index (χ3v) is 4.92. The van der Waals surface area contributed by atoms with Crippen molar-refractivity contribution in [3.05, 3.63) is 51.9 Å². The highest BCUT2D eigenvalue weighted by molar-refractivity contribution is 7.18. The van der Waals surface area contributed by atoms with Crippen molar-refractivity contribution in [1.29, 1.82) is 5.26 Å². The van der Waals surface area contributed by atoms with Crippen LogP contribution in [0.1, 0.15) is 46.6 Å². The van der Waals surface area contributed by atoms with E-state index in [4.69, 9.17) is 9.47 Å². The quantitative estimate of drug-likeness (QED) is 0.521. The van der Waals surface area contributed by atoms with Gasteiger partial charge in [0.05, 0.1) is 18.8 Å². The summed E-state index contributed by atoms with van der Waals surface area (Å²) in [6.07, 6.45) is 3.98. The van der Waals surface area contributed by atoms with E-state index in [0.29, 0.717) is 22.0 Å². The number of anilines is 1. The topological polar surface area (TPSA) is 88.4 Å². The van der Waals surface area contributed by atoms with E-state index in [1.165, 1.54) is 6.08 Å². The average Bonchev–Trinajstić information content (AvgIpc) is 3.00. The van der Waals surface area contributed by atoms with Crippen LogP contribution < -0.4 is 10.1 Å². The van der Waals surface area contributed by atoms with Gasteiger partial charge in [-0.05, 0) is 49.6 Å². The van der Waals surface area contributed by atoms with Gasteiger partial charge in [0, 0.05) is 6.08 Å². The smallest absolute Gasteiger partial charge is 0.348 e. The highest BCUT2D eigenvalue weighted by Crippen LogP contribution is 2.33. The van der Waals surface area contributed by atoms with Crippen LogP contribution in [0.5, 0.6) is 5.75 Å². The van der Waals surface area contributed by atoms with E-state index in [1.54, 1.807) is 19.9 Å². The molecule has 1 N–H and O–H groups in total. The number of carbonyl (C=O) groups is 2. The highest BCUT2D eigenvalue weighted by atomic mass is 32.1. The Kier molecular flexibility index (Phi) is 7.78. The predicted octanol–water partition coefficient (Wildman–Crippen LogP) is 4.55. The molecular formula is C21H22N2O4S. The Balaban J connectivity index is 2.08. The third kappa shape index (κ3) is 5.44. The Labute approximate surface area is 168 Å². The van der Waals surface area contributed by atoms with Crippen molar-refractivity contribution in [3.63, 3.8) is 0 Å². The first-order chi connectivity index (χ1) is 13.5. The molecule has 0 bridgehead atoms. The molecule has 0 saturated heterocycles. The fourth-order valence-corrected chi connectivity index (χ4v) is 3.40. The SMILES string of the molecule is CCCOc1ccc(/C=C/C(=O)Nc2sc(C(=O)OCC)c(C)c2C#N)cc1. The summed E-state index contributed by atoms with van der Waals surface area (Å²) in [5.74, 6) is -0.106. The third-order valence-electron chi connectivity index (χ3n) is 3.74. The molecular weight excluding hydrogens is 376 g/mol. The first kappa shape index (κ1) is 21.2. The van der Waals surface area contributed by atoms with E-state index in [0.717, 1.165) is 29.1 Å². The summed E-state index contributed by atoms with van der Waals surface area (Å²) < 4.78 is 10.5. The molecule has 1 amide bonds. The zero-order valence-electron chi connectivity index (χ0n) is 16.1. The first-order valence-corrected chi connectivity index (χ1v) is 9.74. The van der Waals surface area contributed by atoms with Crippen LogP contribution in [0.15, 0.2) is 30.3 Å². The van der Waals surface area contributed by atoms with Crippen LogP contribution in [0, 0.1) is 18.3 Å². The molecule has 2 aromatic rings. The van der Waals surface area contributed by atoms with E-state index >= 15 is 0 Å². The standard InChI is InChI=1S/C21H22N2O4S/c1-4-12-27-16-9-6-15(7-10-16)8-11-18(24)23-20-17(13-22)14(3)19(28-20)21(25)26-5-2/h6-11H,4-5,12H2,1-3H3,(H,23,24)/b11-8+. The lowest BCUT2D eigenvalue weighted by molar-refractivity contribution is -0.111. The summed E-state index contributed by atoms with van der Waals surface area (Å²) in [5, 5.41) is 12.4. The number of benzene rings is 1. The molecule has 0 radical (unpaired) electrons. The van der Waals surface area contributed by atoms with Gasteiger partial charge < -0.3 is 14.8 Å². The number of carbonyl (C=O) groups excluding carboxylic acids is 2.